The number of thiophene rings is 2. The molecule has 0 unspecified atom stereocenters. The Kier molecular flexibility index (Phi) is 4.50. The quantitative estimate of drug-likeness (QED) is 0.889. The van der Waals surface area contributed by atoms with E-state index in [9.17, 15) is 9.90 Å². The third-order valence-electron chi connectivity index (χ3n) is 2.86. The Morgan fingerprint density at radius 2 is 2.15 bits per heavy atom. The lowest BCUT2D eigenvalue weighted by Crippen LogP contribution is -2.08. The summed E-state index contributed by atoms with van der Waals surface area (Å²) in [6.07, 6.45) is 0.795. The number of rotatable bonds is 5. The van der Waals surface area contributed by atoms with Crippen molar-refractivity contribution in [2.75, 3.05) is 6.61 Å². The maximum Gasteiger partial charge on any atom is 0.349 e. The first-order valence-electron chi connectivity index (χ1n) is 6.39. The molecule has 0 aliphatic rings. The summed E-state index contributed by atoms with van der Waals surface area (Å²) in [7, 11) is 0. The van der Waals surface area contributed by atoms with Gasteiger partial charge in [0.15, 0.2) is 4.88 Å². The standard InChI is InChI=1S/C15H18O3S2/c1-15(2,3)12-8-11(13(20-12)14(16)17)18-6-4-10-5-7-19-9-10/h5,7-9H,4,6H2,1-3H3,(H,16,17). The third-order valence-corrected chi connectivity index (χ3v) is 5.12. The number of carboxylic acid groups (broad SMARTS) is 1. The van der Waals surface area contributed by atoms with Crippen LogP contribution >= 0.6 is 22.7 Å². The van der Waals surface area contributed by atoms with E-state index in [1.54, 1.807) is 11.3 Å². The molecule has 0 amide bonds. The second-order valence-electron chi connectivity index (χ2n) is 5.59. The third kappa shape index (κ3) is 3.61. The second-order valence-corrected chi connectivity index (χ2v) is 7.42. The highest BCUT2D eigenvalue weighted by Gasteiger charge is 2.23. The van der Waals surface area contributed by atoms with E-state index in [0.29, 0.717) is 17.2 Å². The molecule has 0 saturated carbocycles. The SMILES string of the molecule is CC(C)(C)c1cc(OCCc2ccsc2)c(C(=O)O)s1. The molecular weight excluding hydrogens is 292 g/mol. The van der Waals surface area contributed by atoms with Crippen LogP contribution in [-0.2, 0) is 11.8 Å². The molecule has 108 valence electrons. The van der Waals surface area contributed by atoms with Gasteiger partial charge in [-0.05, 0) is 33.9 Å². The fourth-order valence-electron chi connectivity index (χ4n) is 1.71. The van der Waals surface area contributed by atoms with Gasteiger partial charge in [0.1, 0.15) is 5.75 Å². The van der Waals surface area contributed by atoms with Crippen LogP contribution in [0.5, 0.6) is 5.75 Å². The zero-order chi connectivity index (χ0) is 14.8. The molecule has 0 saturated heterocycles. The molecule has 0 spiro atoms. The minimum absolute atomic E-state index is 0.0656. The lowest BCUT2D eigenvalue weighted by molar-refractivity contribution is 0.0698. The van der Waals surface area contributed by atoms with Crippen molar-refractivity contribution < 1.29 is 14.6 Å². The normalized spacial score (nSPS) is 11.6. The molecule has 0 aromatic carbocycles. The first-order valence-corrected chi connectivity index (χ1v) is 8.15. The minimum atomic E-state index is -0.920. The molecule has 0 bridgehead atoms. The summed E-state index contributed by atoms with van der Waals surface area (Å²) in [6.45, 7) is 6.70. The fraction of sp³-hybridized carbons (Fsp3) is 0.400. The molecule has 0 atom stereocenters. The Morgan fingerprint density at radius 3 is 2.70 bits per heavy atom. The van der Waals surface area contributed by atoms with Crippen LogP contribution in [0.1, 0.15) is 40.9 Å². The Labute approximate surface area is 126 Å². The van der Waals surface area contributed by atoms with E-state index in [4.69, 9.17) is 4.74 Å². The lowest BCUT2D eigenvalue weighted by atomic mass is 9.95. The maximum absolute atomic E-state index is 11.3. The molecule has 2 aromatic heterocycles. The van der Waals surface area contributed by atoms with Gasteiger partial charge in [0.2, 0.25) is 0 Å². The van der Waals surface area contributed by atoms with Gasteiger partial charge in [-0.15, -0.1) is 11.3 Å². The summed E-state index contributed by atoms with van der Waals surface area (Å²) in [4.78, 5) is 12.6. The maximum atomic E-state index is 11.3. The van der Waals surface area contributed by atoms with Crippen LogP contribution in [0, 0.1) is 0 Å². The molecule has 5 heteroatoms. The van der Waals surface area contributed by atoms with Crippen molar-refractivity contribution in [2.45, 2.75) is 32.6 Å². The summed E-state index contributed by atoms with van der Waals surface area (Å²) < 4.78 is 5.68. The van der Waals surface area contributed by atoms with Crippen LogP contribution < -0.4 is 4.74 Å². The molecule has 2 rings (SSSR count). The second kappa shape index (κ2) is 5.97. The van der Waals surface area contributed by atoms with E-state index in [1.807, 2.05) is 11.4 Å². The molecular formula is C15H18O3S2. The largest absolute Gasteiger partial charge is 0.491 e. The van der Waals surface area contributed by atoms with Crippen molar-refractivity contribution in [3.63, 3.8) is 0 Å². The molecule has 2 heterocycles. The molecule has 2 aromatic rings. The molecule has 3 nitrogen and oxygen atoms in total. The topological polar surface area (TPSA) is 46.5 Å². The van der Waals surface area contributed by atoms with Crippen molar-refractivity contribution in [3.8, 4) is 5.75 Å². The van der Waals surface area contributed by atoms with Gasteiger partial charge in [-0.2, -0.15) is 11.3 Å². The molecule has 0 aliphatic carbocycles. The van der Waals surface area contributed by atoms with Gasteiger partial charge in [0.05, 0.1) is 6.61 Å². The monoisotopic (exact) mass is 310 g/mol. The molecule has 0 aliphatic heterocycles. The highest BCUT2D eigenvalue weighted by atomic mass is 32.1. The number of carboxylic acids is 1. The number of ether oxygens (including phenoxy) is 1. The summed E-state index contributed by atoms with van der Waals surface area (Å²) in [5.41, 5.74) is 1.15. The van der Waals surface area contributed by atoms with Gasteiger partial charge in [0.25, 0.3) is 0 Å². The van der Waals surface area contributed by atoms with Crippen LogP contribution in [0.15, 0.2) is 22.9 Å². The van der Waals surface area contributed by atoms with E-state index in [-0.39, 0.29) is 5.41 Å². The minimum Gasteiger partial charge on any atom is -0.491 e. The first kappa shape index (κ1) is 15.1. The zero-order valence-corrected chi connectivity index (χ0v) is 13.4. The number of hydrogen-bond acceptors (Lipinski definition) is 4. The fourth-order valence-corrected chi connectivity index (χ4v) is 3.41. The smallest absolute Gasteiger partial charge is 0.349 e. The van der Waals surface area contributed by atoms with Gasteiger partial charge in [-0.25, -0.2) is 4.79 Å². The highest BCUT2D eigenvalue weighted by Crippen LogP contribution is 2.36. The Hall–Kier alpha value is -1.33. The van der Waals surface area contributed by atoms with Crippen molar-refractivity contribution in [3.05, 3.63) is 38.2 Å². The van der Waals surface area contributed by atoms with Gasteiger partial charge in [-0.1, -0.05) is 20.8 Å². The number of aromatic carboxylic acids is 1. The predicted octanol–water partition coefficient (Wildman–Crippen LogP) is 4.43. The van der Waals surface area contributed by atoms with E-state index < -0.39 is 5.97 Å². The molecule has 20 heavy (non-hydrogen) atoms. The van der Waals surface area contributed by atoms with Crippen LogP contribution in [-0.4, -0.2) is 17.7 Å². The van der Waals surface area contributed by atoms with Gasteiger partial charge >= 0.3 is 5.97 Å². The van der Waals surface area contributed by atoms with Gasteiger partial charge in [0, 0.05) is 11.3 Å². The number of carbonyl (C=O) groups is 1. The van der Waals surface area contributed by atoms with Crippen LogP contribution in [0.25, 0.3) is 0 Å². The lowest BCUT2D eigenvalue weighted by Gasteiger charge is -2.14. The van der Waals surface area contributed by atoms with E-state index in [0.717, 1.165) is 11.3 Å². The van der Waals surface area contributed by atoms with E-state index >= 15 is 0 Å². The van der Waals surface area contributed by atoms with Crippen molar-refractivity contribution in [2.24, 2.45) is 0 Å². The molecule has 0 fully saturated rings. The Balaban J connectivity index is 2.09. The molecule has 1 N–H and O–H groups in total. The summed E-state index contributed by atoms with van der Waals surface area (Å²) in [6, 6.07) is 3.92. The Morgan fingerprint density at radius 1 is 1.40 bits per heavy atom. The summed E-state index contributed by atoms with van der Waals surface area (Å²) in [5, 5.41) is 13.4. The predicted molar refractivity (Wildman–Crippen MR) is 83.5 cm³/mol. The summed E-state index contributed by atoms with van der Waals surface area (Å²) in [5.74, 6) is -0.432. The average molecular weight is 310 g/mol. The van der Waals surface area contributed by atoms with Gasteiger partial charge in [-0.3, -0.25) is 0 Å². The first-order chi connectivity index (χ1) is 9.38. The average Bonchev–Trinajstić information content (AvgIpc) is 2.96. The molecule has 0 radical (unpaired) electrons. The number of hydrogen-bond donors (Lipinski definition) is 1. The van der Waals surface area contributed by atoms with Crippen LogP contribution in [0.2, 0.25) is 0 Å². The van der Waals surface area contributed by atoms with E-state index in [2.05, 4.69) is 32.2 Å². The van der Waals surface area contributed by atoms with Crippen molar-refractivity contribution in [1.29, 1.82) is 0 Å². The zero-order valence-electron chi connectivity index (χ0n) is 11.8. The van der Waals surface area contributed by atoms with Crippen LogP contribution in [0.4, 0.5) is 0 Å². The Bertz CT molecular complexity index is 577. The van der Waals surface area contributed by atoms with Gasteiger partial charge < -0.3 is 9.84 Å². The van der Waals surface area contributed by atoms with Crippen molar-refractivity contribution in [1.82, 2.24) is 0 Å². The summed E-state index contributed by atoms with van der Waals surface area (Å²) >= 11 is 2.95. The van der Waals surface area contributed by atoms with Crippen molar-refractivity contribution >= 4 is 28.6 Å². The van der Waals surface area contributed by atoms with E-state index in [1.165, 1.54) is 16.9 Å². The highest BCUT2D eigenvalue weighted by molar-refractivity contribution is 7.14. The van der Waals surface area contributed by atoms with Crippen LogP contribution in [0.3, 0.4) is 0 Å².